The predicted molar refractivity (Wildman–Crippen MR) is 107 cm³/mol. The molecule has 0 aliphatic rings. The number of alkyl halides is 3. The molecule has 0 radical (unpaired) electrons. The fourth-order valence-corrected chi connectivity index (χ4v) is 5.62. The van der Waals surface area contributed by atoms with Crippen molar-refractivity contribution in [2.75, 3.05) is 42.7 Å². The number of hydrogen-bond donors (Lipinski definition) is 0. The Morgan fingerprint density at radius 1 is 0.571 bits per heavy atom. The van der Waals surface area contributed by atoms with Crippen molar-refractivity contribution in [1.82, 2.24) is 0 Å². The van der Waals surface area contributed by atoms with Gasteiger partial charge in [0.2, 0.25) is 0 Å². The van der Waals surface area contributed by atoms with Crippen molar-refractivity contribution in [1.29, 1.82) is 0 Å². The van der Waals surface area contributed by atoms with Crippen molar-refractivity contribution in [3.05, 3.63) is 0 Å². The van der Waals surface area contributed by atoms with Crippen LogP contribution >= 0.6 is 0 Å². The Hall–Kier alpha value is -0.0162. The van der Waals surface area contributed by atoms with E-state index in [9.17, 15) is 13.2 Å². The van der Waals surface area contributed by atoms with Crippen LogP contribution in [0.3, 0.4) is 0 Å². The first-order chi connectivity index (χ1) is 13.2. The van der Waals surface area contributed by atoms with Crippen LogP contribution in [0.15, 0.2) is 0 Å². The molecule has 0 unspecified atom stereocenters. The van der Waals surface area contributed by atoms with Crippen LogP contribution < -0.4 is 0 Å². The molecule has 0 aromatic carbocycles. The molecule has 0 atom stereocenters. The molecule has 0 heterocycles. The second-order valence-electron chi connectivity index (χ2n) is 6.19. The Bertz CT molecular complexity index is 338. The molecule has 0 saturated heterocycles. The molecule has 28 heavy (non-hydrogen) atoms. The van der Waals surface area contributed by atoms with Crippen molar-refractivity contribution in [2.45, 2.75) is 70.1 Å². The largest absolute Gasteiger partial charge is 0.615 e. The van der Waals surface area contributed by atoms with Gasteiger partial charge in [-0.2, -0.15) is 13.2 Å². The number of halogens is 3. The van der Waals surface area contributed by atoms with Crippen molar-refractivity contribution in [3.8, 4) is 0 Å². The Kier molecular flexibility index (Phi) is 18.0. The summed E-state index contributed by atoms with van der Waals surface area (Å²) in [6.07, 6.45) is 10.6. The molecule has 6 nitrogen and oxygen atoms in total. The van der Waals surface area contributed by atoms with Gasteiger partial charge in [-0.3, -0.25) is 0 Å². The zero-order valence-electron chi connectivity index (χ0n) is 18.4. The van der Waals surface area contributed by atoms with Gasteiger partial charge in [-0.1, -0.05) is 51.9 Å². The third-order valence-corrected chi connectivity index (χ3v) is 9.56. The summed E-state index contributed by atoms with van der Waals surface area (Å²) in [5.41, 5.74) is 0. The first-order valence-corrected chi connectivity index (χ1v) is 13.2. The Morgan fingerprint density at radius 3 is 1.18 bits per heavy atom. The monoisotopic (exact) mass is 452 g/mol. The van der Waals surface area contributed by atoms with Gasteiger partial charge in [-0.25, -0.2) is 0 Å². The Labute approximate surface area is 170 Å². The standard InChI is InChI=1S/C13H30O3Si.C4H9F3O3Si/c1-5-6-7-8-9-10-11-12-13-17(14-2,15-3)16-4;1-8-11(9-2,10-3)4(5,6)7/h5-13H2,1-4H3;1-3H3. The van der Waals surface area contributed by atoms with Gasteiger partial charge >= 0.3 is 23.4 Å². The smallest absolute Gasteiger partial charge is 0.377 e. The maximum absolute atomic E-state index is 12.1. The summed E-state index contributed by atoms with van der Waals surface area (Å²) in [4.78, 5) is 0. The molecular formula is C17H39F3O6Si2. The molecule has 0 bridgehead atoms. The van der Waals surface area contributed by atoms with Crippen LogP contribution in [0, 0.1) is 0 Å². The van der Waals surface area contributed by atoms with Crippen LogP contribution in [0.1, 0.15) is 58.3 Å². The Balaban J connectivity index is 0. The van der Waals surface area contributed by atoms with E-state index in [0.717, 1.165) is 33.8 Å². The van der Waals surface area contributed by atoms with Gasteiger partial charge < -0.3 is 26.6 Å². The summed E-state index contributed by atoms with van der Waals surface area (Å²) in [5, 5.41) is 0. The van der Waals surface area contributed by atoms with Crippen molar-refractivity contribution >= 4 is 17.6 Å². The molecule has 0 spiro atoms. The summed E-state index contributed by atoms with van der Waals surface area (Å²) in [5.74, 6) is -4.56. The van der Waals surface area contributed by atoms with E-state index in [2.05, 4.69) is 20.2 Å². The first kappa shape index (κ1) is 30.2. The summed E-state index contributed by atoms with van der Waals surface area (Å²) >= 11 is 0. The van der Waals surface area contributed by atoms with Crippen LogP contribution in [-0.2, 0) is 26.6 Å². The van der Waals surface area contributed by atoms with E-state index in [1.54, 1.807) is 21.3 Å². The molecule has 0 rings (SSSR count). The fourth-order valence-electron chi connectivity index (χ4n) is 2.63. The normalized spacial score (nSPS) is 12.6. The van der Waals surface area contributed by atoms with E-state index in [1.165, 1.54) is 44.9 Å². The maximum Gasteiger partial charge on any atom is 0.615 e. The Morgan fingerprint density at radius 2 is 0.929 bits per heavy atom. The van der Waals surface area contributed by atoms with Crippen LogP contribution in [-0.4, -0.2) is 66.1 Å². The maximum atomic E-state index is 12.1. The number of rotatable bonds is 15. The lowest BCUT2D eigenvalue weighted by molar-refractivity contribution is -0.122. The van der Waals surface area contributed by atoms with Gasteiger partial charge in [0, 0.05) is 48.7 Å². The lowest BCUT2D eigenvalue weighted by Crippen LogP contribution is -2.56. The minimum absolute atomic E-state index is 0.909. The third-order valence-electron chi connectivity index (χ3n) is 4.42. The van der Waals surface area contributed by atoms with E-state index >= 15 is 0 Å². The van der Waals surface area contributed by atoms with Gasteiger partial charge in [0.15, 0.2) is 0 Å². The van der Waals surface area contributed by atoms with Crippen LogP contribution in [0.5, 0.6) is 0 Å². The van der Waals surface area contributed by atoms with E-state index in [0.29, 0.717) is 0 Å². The number of unbranched alkanes of at least 4 members (excludes halogenated alkanes) is 7. The quantitative estimate of drug-likeness (QED) is 0.258. The zero-order valence-corrected chi connectivity index (χ0v) is 20.4. The number of hydrogen-bond acceptors (Lipinski definition) is 6. The molecule has 0 fully saturated rings. The highest BCUT2D eigenvalue weighted by Crippen LogP contribution is 2.29. The van der Waals surface area contributed by atoms with E-state index in [1.807, 2.05) is 0 Å². The van der Waals surface area contributed by atoms with Gasteiger partial charge in [0.1, 0.15) is 0 Å². The minimum Gasteiger partial charge on any atom is -0.377 e. The van der Waals surface area contributed by atoms with E-state index in [-0.39, 0.29) is 0 Å². The second-order valence-corrected chi connectivity index (χ2v) is 12.2. The fraction of sp³-hybridized carbons (Fsp3) is 1.00. The lowest BCUT2D eigenvalue weighted by atomic mass is 10.1. The molecule has 0 aliphatic heterocycles. The average molecular weight is 453 g/mol. The SMILES string of the molecule is CCCCCCCCCC[Si](OC)(OC)OC.CO[Si](OC)(OC)C(F)(F)F. The highest BCUT2D eigenvalue weighted by Gasteiger charge is 2.65. The molecule has 172 valence electrons. The van der Waals surface area contributed by atoms with Crippen LogP contribution in [0.25, 0.3) is 0 Å². The highest BCUT2D eigenvalue weighted by atomic mass is 28.4. The van der Waals surface area contributed by atoms with E-state index < -0.39 is 23.4 Å². The molecule has 11 heteroatoms. The second kappa shape index (κ2) is 16.7. The predicted octanol–water partition coefficient (Wildman–Crippen LogP) is 4.97. The lowest BCUT2D eigenvalue weighted by Gasteiger charge is -2.25. The van der Waals surface area contributed by atoms with Gasteiger partial charge in [0.25, 0.3) is 0 Å². The molecule has 0 aromatic heterocycles. The highest BCUT2D eigenvalue weighted by molar-refractivity contribution is 6.62. The molecule has 0 N–H and O–H groups in total. The molecule has 0 amide bonds. The first-order valence-electron chi connectivity index (χ1n) is 9.55. The summed E-state index contributed by atoms with van der Waals surface area (Å²) in [6, 6.07) is 0.936. The zero-order chi connectivity index (χ0) is 22.1. The topological polar surface area (TPSA) is 55.4 Å². The van der Waals surface area contributed by atoms with E-state index in [4.69, 9.17) is 13.3 Å². The van der Waals surface area contributed by atoms with Crippen LogP contribution in [0.4, 0.5) is 13.2 Å². The van der Waals surface area contributed by atoms with Crippen molar-refractivity contribution in [2.24, 2.45) is 0 Å². The molecule has 0 saturated carbocycles. The van der Waals surface area contributed by atoms with Gasteiger partial charge in [-0.15, -0.1) is 0 Å². The van der Waals surface area contributed by atoms with Crippen molar-refractivity contribution < 1.29 is 39.7 Å². The summed E-state index contributed by atoms with van der Waals surface area (Å²) in [7, 11) is 1.06. The average Bonchev–Trinajstić information content (AvgIpc) is 2.69. The van der Waals surface area contributed by atoms with Gasteiger partial charge in [0.05, 0.1) is 0 Å². The third kappa shape index (κ3) is 11.2. The molecular weight excluding hydrogens is 413 g/mol. The minimum atomic E-state index is -4.56. The molecule has 0 aromatic rings. The van der Waals surface area contributed by atoms with Crippen molar-refractivity contribution in [3.63, 3.8) is 0 Å². The van der Waals surface area contributed by atoms with Gasteiger partial charge in [-0.05, 0) is 6.42 Å². The molecule has 0 aliphatic carbocycles. The summed E-state index contributed by atoms with van der Waals surface area (Å²) < 4.78 is 64.9. The summed E-state index contributed by atoms with van der Waals surface area (Å²) in [6.45, 7) is 2.25. The van der Waals surface area contributed by atoms with Crippen LogP contribution in [0.2, 0.25) is 6.04 Å².